The molecule has 0 saturated heterocycles. The molecule has 27 heavy (non-hydrogen) atoms. The number of amides is 1. The first-order valence-electron chi connectivity index (χ1n) is 9.47. The summed E-state index contributed by atoms with van der Waals surface area (Å²) < 4.78 is 0. The van der Waals surface area contributed by atoms with E-state index in [2.05, 4.69) is 46.4 Å². The second-order valence-electron chi connectivity index (χ2n) is 6.53. The number of aromatic nitrogens is 1. The van der Waals surface area contributed by atoms with Crippen LogP contribution < -0.4 is 10.3 Å². The Hall–Kier alpha value is -3.08. The fourth-order valence-corrected chi connectivity index (χ4v) is 3.17. The Morgan fingerprint density at radius 3 is 2.48 bits per heavy atom. The SMILES string of the molecule is CCCN(CCC)c1ccc(/C=N\NC(=O)c2c[nH]c3ccccc23)cc1. The molecule has 2 aromatic carbocycles. The number of benzene rings is 2. The molecule has 0 fully saturated rings. The summed E-state index contributed by atoms with van der Waals surface area (Å²) in [5.41, 5.74) is 6.30. The van der Waals surface area contributed by atoms with Crippen molar-refractivity contribution in [2.75, 3.05) is 18.0 Å². The molecule has 0 unspecified atom stereocenters. The van der Waals surface area contributed by atoms with Gasteiger partial charge in [0.1, 0.15) is 0 Å². The van der Waals surface area contributed by atoms with Crippen LogP contribution in [0.2, 0.25) is 0 Å². The molecule has 1 aromatic heterocycles. The maximum Gasteiger partial charge on any atom is 0.273 e. The lowest BCUT2D eigenvalue weighted by molar-refractivity contribution is 0.0957. The van der Waals surface area contributed by atoms with Gasteiger partial charge in [0, 0.05) is 35.9 Å². The molecule has 0 aliphatic carbocycles. The molecular formula is C22H26N4O. The molecule has 5 nitrogen and oxygen atoms in total. The molecule has 2 N–H and O–H groups in total. The summed E-state index contributed by atoms with van der Waals surface area (Å²) in [7, 11) is 0. The number of aromatic amines is 1. The van der Waals surface area contributed by atoms with E-state index in [0.717, 1.165) is 42.4 Å². The monoisotopic (exact) mass is 362 g/mol. The highest BCUT2D eigenvalue weighted by Gasteiger charge is 2.10. The predicted octanol–water partition coefficient (Wildman–Crippen LogP) is 4.56. The van der Waals surface area contributed by atoms with Gasteiger partial charge in [-0.3, -0.25) is 4.79 Å². The van der Waals surface area contributed by atoms with E-state index >= 15 is 0 Å². The third kappa shape index (κ3) is 4.56. The van der Waals surface area contributed by atoms with Crippen LogP contribution in [-0.4, -0.2) is 30.2 Å². The second-order valence-corrected chi connectivity index (χ2v) is 6.53. The number of fused-ring (bicyclic) bond motifs is 1. The molecule has 5 heteroatoms. The highest BCUT2D eigenvalue weighted by Crippen LogP contribution is 2.18. The van der Waals surface area contributed by atoms with E-state index in [4.69, 9.17) is 0 Å². The van der Waals surface area contributed by atoms with Crippen LogP contribution in [0.4, 0.5) is 5.69 Å². The maximum atomic E-state index is 12.3. The second kappa shape index (κ2) is 9.03. The molecular weight excluding hydrogens is 336 g/mol. The van der Waals surface area contributed by atoms with E-state index in [1.807, 2.05) is 36.4 Å². The first-order chi connectivity index (χ1) is 13.2. The zero-order chi connectivity index (χ0) is 19.1. The van der Waals surface area contributed by atoms with E-state index in [9.17, 15) is 4.79 Å². The van der Waals surface area contributed by atoms with E-state index in [1.165, 1.54) is 5.69 Å². The summed E-state index contributed by atoms with van der Waals surface area (Å²) >= 11 is 0. The van der Waals surface area contributed by atoms with E-state index in [0.29, 0.717) is 5.56 Å². The van der Waals surface area contributed by atoms with Crippen LogP contribution in [-0.2, 0) is 0 Å². The Morgan fingerprint density at radius 1 is 1.07 bits per heavy atom. The number of nitrogens with one attached hydrogen (secondary N) is 2. The zero-order valence-electron chi connectivity index (χ0n) is 15.9. The summed E-state index contributed by atoms with van der Waals surface area (Å²) in [5.74, 6) is -0.225. The summed E-state index contributed by atoms with van der Waals surface area (Å²) in [5, 5.41) is 4.99. The van der Waals surface area contributed by atoms with Gasteiger partial charge in [0.05, 0.1) is 11.8 Å². The fraction of sp³-hybridized carbons (Fsp3) is 0.273. The molecule has 140 valence electrons. The van der Waals surface area contributed by atoms with Crippen LogP contribution >= 0.6 is 0 Å². The molecule has 0 atom stereocenters. The largest absolute Gasteiger partial charge is 0.372 e. The van der Waals surface area contributed by atoms with Gasteiger partial charge >= 0.3 is 0 Å². The molecule has 0 radical (unpaired) electrons. The summed E-state index contributed by atoms with van der Waals surface area (Å²) in [6, 6.07) is 16.0. The molecule has 0 saturated carbocycles. The van der Waals surface area contributed by atoms with Gasteiger partial charge in [0.15, 0.2) is 0 Å². The summed E-state index contributed by atoms with van der Waals surface area (Å²) in [4.78, 5) is 17.8. The van der Waals surface area contributed by atoms with Crippen molar-refractivity contribution in [2.24, 2.45) is 5.10 Å². The van der Waals surface area contributed by atoms with Crippen LogP contribution in [0.3, 0.4) is 0 Å². The first kappa shape index (κ1) is 18.7. The molecule has 3 rings (SSSR count). The van der Waals surface area contributed by atoms with Gasteiger partial charge in [-0.1, -0.05) is 44.2 Å². The third-order valence-electron chi connectivity index (χ3n) is 4.46. The summed E-state index contributed by atoms with van der Waals surface area (Å²) in [6.07, 6.45) is 5.63. The number of para-hydroxylation sites is 1. The van der Waals surface area contributed by atoms with Crippen molar-refractivity contribution in [3.63, 3.8) is 0 Å². The van der Waals surface area contributed by atoms with Crippen molar-refractivity contribution in [3.05, 3.63) is 65.9 Å². The number of hydrazone groups is 1. The lowest BCUT2D eigenvalue weighted by Crippen LogP contribution is -2.24. The van der Waals surface area contributed by atoms with Crippen LogP contribution in [0.15, 0.2) is 59.8 Å². The van der Waals surface area contributed by atoms with E-state index < -0.39 is 0 Å². The minimum atomic E-state index is -0.225. The fourth-order valence-electron chi connectivity index (χ4n) is 3.17. The number of rotatable bonds is 8. The minimum absolute atomic E-state index is 0.225. The van der Waals surface area contributed by atoms with Crippen molar-refractivity contribution in [3.8, 4) is 0 Å². The Kier molecular flexibility index (Phi) is 6.26. The van der Waals surface area contributed by atoms with Crippen LogP contribution in [0, 0.1) is 0 Å². The Labute approximate surface area is 160 Å². The third-order valence-corrected chi connectivity index (χ3v) is 4.46. The lowest BCUT2D eigenvalue weighted by atomic mass is 10.2. The van der Waals surface area contributed by atoms with Crippen LogP contribution in [0.5, 0.6) is 0 Å². The normalized spacial score (nSPS) is 11.2. The quantitative estimate of drug-likeness (QED) is 0.456. The first-order valence-corrected chi connectivity index (χ1v) is 9.47. The van der Waals surface area contributed by atoms with E-state index in [-0.39, 0.29) is 5.91 Å². The maximum absolute atomic E-state index is 12.3. The predicted molar refractivity (Wildman–Crippen MR) is 113 cm³/mol. The smallest absolute Gasteiger partial charge is 0.273 e. The average Bonchev–Trinajstić information content (AvgIpc) is 3.13. The average molecular weight is 362 g/mol. The minimum Gasteiger partial charge on any atom is -0.372 e. The zero-order valence-corrected chi connectivity index (χ0v) is 15.9. The molecule has 1 amide bonds. The van der Waals surface area contributed by atoms with Crippen LogP contribution in [0.25, 0.3) is 10.9 Å². The Morgan fingerprint density at radius 2 is 1.78 bits per heavy atom. The number of hydrogen-bond acceptors (Lipinski definition) is 3. The number of carbonyl (C=O) groups is 1. The van der Waals surface area contributed by atoms with Gasteiger partial charge in [-0.15, -0.1) is 0 Å². The van der Waals surface area contributed by atoms with Gasteiger partial charge in [0.2, 0.25) is 0 Å². The van der Waals surface area contributed by atoms with Crippen molar-refractivity contribution in [2.45, 2.75) is 26.7 Å². The Balaban J connectivity index is 1.63. The van der Waals surface area contributed by atoms with E-state index in [1.54, 1.807) is 12.4 Å². The van der Waals surface area contributed by atoms with Crippen molar-refractivity contribution >= 4 is 28.7 Å². The van der Waals surface area contributed by atoms with Gasteiger partial charge < -0.3 is 9.88 Å². The standard InChI is InChI=1S/C22H26N4O/c1-3-13-26(14-4-2)18-11-9-17(10-12-18)15-24-25-22(27)20-16-23-21-8-6-5-7-19(20)21/h5-12,15-16,23H,3-4,13-14H2,1-2H3,(H,25,27)/b24-15-. The highest BCUT2D eigenvalue weighted by molar-refractivity contribution is 6.06. The molecule has 0 aliphatic rings. The Bertz CT molecular complexity index is 905. The van der Waals surface area contributed by atoms with Crippen LogP contribution in [0.1, 0.15) is 42.6 Å². The molecule has 1 heterocycles. The number of anilines is 1. The number of H-pyrrole nitrogens is 1. The van der Waals surface area contributed by atoms with Gasteiger partial charge in [-0.05, 0) is 36.6 Å². The topological polar surface area (TPSA) is 60.5 Å². The summed E-state index contributed by atoms with van der Waals surface area (Å²) in [6.45, 7) is 6.50. The van der Waals surface area contributed by atoms with Crippen molar-refractivity contribution in [1.82, 2.24) is 10.4 Å². The number of hydrogen-bond donors (Lipinski definition) is 2. The molecule has 0 aliphatic heterocycles. The van der Waals surface area contributed by atoms with Gasteiger partial charge in [-0.25, -0.2) is 5.43 Å². The number of nitrogens with zero attached hydrogens (tertiary/aromatic N) is 2. The number of carbonyl (C=O) groups excluding carboxylic acids is 1. The molecule has 0 bridgehead atoms. The molecule has 0 spiro atoms. The van der Waals surface area contributed by atoms with Gasteiger partial charge in [-0.2, -0.15) is 5.10 Å². The molecule has 3 aromatic rings. The van der Waals surface area contributed by atoms with Crippen molar-refractivity contribution in [1.29, 1.82) is 0 Å². The lowest BCUT2D eigenvalue weighted by Gasteiger charge is -2.23. The highest BCUT2D eigenvalue weighted by atomic mass is 16.2. The van der Waals surface area contributed by atoms with Gasteiger partial charge in [0.25, 0.3) is 5.91 Å². The van der Waals surface area contributed by atoms with Crippen molar-refractivity contribution < 1.29 is 4.79 Å².